The van der Waals surface area contributed by atoms with Gasteiger partial charge in [0, 0.05) is 11.4 Å². The zero-order valence-corrected chi connectivity index (χ0v) is 13.3. The highest BCUT2D eigenvalue weighted by Gasteiger charge is 2.22. The molecule has 0 saturated carbocycles. The average Bonchev–Trinajstić information content (AvgIpc) is 3.00. The Kier molecular flexibility index (Phi) is 4.59. The summed E-state index contributed by atoms with van der Waals surface area (Å²) >= 11 is 1.62. The maximum Gasteiger partial charge on any atom is 0.244 e. The molecule has 0 aliphatic heterocycles. The lowest BCUT2D eigenvalue weighted by atomic mass is 10.2. The lowest BCUT2D eigenvalue weighted by Gasteiger charge is -2.23. The highest BCUT2D eigenvalue weighted by atomic mass is 32.2. The highest BCUT2D eigenvalue weighted by molar-refractivity contribution is 7.89. The van der Waals surface area contributed by atoms with E-state index in [1.807, 2.05) is 36.5 Å². The molecule has 2 aromatic heterocycles. The van der Waals surface area contributed by atoms with E-state index in [1.54, 1.807) is 18.3 Å². The van der Waals surface area contributed by atoms with Crippen molar-refractivity contribution in [1.82, 2.24) is 19.8 Å². The number of thiophene rings is 1. The van der Waals surface area contributed by atoms with Crippen LogP contribution in [0.15, 0.2) is 28.6 Å². The van der Waals surface area contributed by atoms with E-state index in [4.69, 9.17) is 0 Å². The van der Waals surface area contributed by atoms with Crippen molar-refractivity contribution in [2.24, 2.45) is 0 Å². The Hall–Kier alpha value is -1.22. The molecule has 0 amide bonds. The van der Waals surface area contributed by atoms with Crippen molar-refractivity contribution in [2.45, 2.75) is 17.9 Å². The van der Waals surface area contributed by atoms with E-state index in [0.29, 0.717) is 12.2 Å². The number of hydrogen-bond donors (Lipinski definition) is 2. The van der Waals surface area contributed by atoms with Gasteiger partial charge >= 0.3 is 0 Å². The second-order valence-electron chi connectivity index (χ2n) is 4.71. The number of nitrogens with one attached hydrogen (secondary N) is 2. The predicted octanol–water partition coefficient (Wildman–Crippen LogP) is 1.36. The first-order valence-corrected chi connectivity index (χ1v) is 8.47. The minimum absolute atomic E-state index is 0.0111. The van der Waals surface area contributed by atoms with Crippen molar-refractivity contribution in [2.75, 3.05) is 20.6 Å². The van der Waals surface area contributed by atoms with Crippen LogP contribution in [0.3, 0.4) is 0 Å². The van der Waals surface area contributed by atoms with Gasteiger partial charge in [0.25, 0.3) is 0 Å². The van der Waals surface area contributed by atoms with Gasteiger partial charge in [0.15, 0.2) is 0 Å². The molecular weight excluding hydrogens is 296 g/mol. The van der Waals surface area contributed by atoms with Gasteiger partial charge in [-0.15, -0.1) is 11.3 Å². The molecule has 0 spiro atoms. The predicted molar refractivity (Wildman–Crippen MR) is 79.3 cm³/mol. The number of H-pyrrole nitrogens is 1. The first-order valence-electron chi connectivity index (χ1n) is 6.11. The summed E-state index contributed by atoms with van der Waals surface area (Å²) in [5, 5.41) is 8.37. The quantitative estimate of drug-likeness (QED) is 0.844. The summed E-state index contributed by atoms with van der Waals surface area (Å²) in [5.41, 5.74) is 0.537. The molecule has 20 heavy (non-hydrogen) atoms. The molecule has 1 unspecified atom stereocenters. The van der Waals surface area contributed by atoms with E-state index in [-0.39, 0.29) is 10.9 Å². The van der Waals surface area contributed by atoms with Crippen LogP contribution in [0.2, 0.25) is 0 Å². The first-order chi connectivity index (χ1) is 9.42. The van der Waals surface area contributed by atoms with Crippen LogP contribution in [-0.2, 0) is 10.0 Å². The first kappa shape index (κ1) is 15.2. The fourth-order valence-electron chi connectivity index (χ4n) is 1.90. The van der Waals surface area contributed by atoms with Crippen LogP contribution in [0, 0.1) is 6.92 Å². The van der Waals surface area contributed by atoms with E-state index >= 15 is 0 Å². The van der Waals surface area contributed by atoms with Crippen molar-refractivity contribution in [3.05, 3.63) is 34.3 Å². The molecule has 0 saturated heterocycles. The molecule has 2 aromatic rings. The largest absolute Gasteiger partial charge is 0.300 e. The van der Waals surface area contributed by atoms with Crippen LogP contribution in [0.4, 0.5) is 0 Å². The molecular formula is C12H18N4O2S2. The third-order valence-electron chi connectivity index (χ3n) is 3.03. The molecule has 2 heterocycles. The van der Waals surface area contributed by atoms with Gasteiger partial charge in [-0.05, 0) is 32.5 Å². The second-order valence-corrected chi connectivity index (χ2v) is 7.42. The SMILES string of the molecule is Cc1[nH]ncc1S(=O)(=O)NCC(c1cccs1)N(C)C. The monoisotopic (exact) mass is 314 g/mol. The zero-order valence-electron chi connectivity index (χ0n) is 11.6. The van der Waals surface area contributed by atoms with Crippen LogP contribution < -0.4 is 4.72 Å². The number of nitrogens with zero attached hydrogens (tertiary/aromatic N) is 2. The van der Waals surface area contributed by atoms with E-state index in [9.17, 15) is 8.42 Å². The summed E-state index contributed by atoms with van der Waals surface area (Å²) in [7, 11) is 0.332. The number of aromatic nitrogens is 2. The van der Waals surface area contributed by atoms with E-state index in [0.717, 1.165) is 4.88 Å². The van der Waals surface area contributed by atoms with Crippen LogP contribution in [0.5, 0.6) is 0 Å². The van der Waals surface area contributed by atoms with Gasteiger partial charge in [-0.2, -0.15) is 5.10 Å². The van der Waals surface area contributed by atoms with Gasteiger partial charge in [0.1, 0.15) is 4.90 Å². The van der Waals surface area contributed by atoms with Crippen molar-refractivity contribution in [3.63, 3.8) is 0 Å². The highest BCUT2D eigenvalue weighted by Crippen LogP contribution is 2.23. The molecule has 0 radical (unpaired) electrons. The Balaban J connectivity index is 2.12. The Bertz CT molecular complexity index is 647. The van der Waals surface area contributed by atoms with Crippen molar-refractivity contribution >= 4 is 21.4 Å². The van der Waals surface area contributed by atoms with Crippen molar-refractivity contribution in [1.29, 1.82) is 0 Å². The number of aryl methyl sites for hydroxylation is 1. The maximum absolute atomic E-state index is 12.2. The Morgan fingerprint density at radius 3 is 2.75 bits per heavy atom. The molecule has 2 rings (SSSR count). The minimum Gasteiger partial charge on any atom is -0.300 e. The molecule has 2 N–H and O–H groups in total. The summed E-state index contributed by atoms with van der Waals surface area (Å²) in [4.78, 5) is 3.32. The summed E-state index contributed by atoms with van der Waals surface area (Å²) in [6.07, 6.45) is 1.33. The van der Waals surface area contributed by atoms with Gasteiger partial charge in [0.05, 0.1) is 17.9 Å². The molecule has 110 valence electrons. The van der Waals surface area contributed by atoms with E-state index in [1.165, 1.54) is 6.20 Å². The molecule has 0 aliphatic rings. The lowest BCUT2D eigenvalue weighted by Crippen LogP contribution is -2.34. The standard InChI is InChI=1S/C12H18N4O2S2/c1-9-12(8-13-15-9)20(17,18)14-7-10(16(2)3)11-5-4-6-19-11/h4-6,8,10,14H,7H2,1-3H3,(H,13,15). The van der Waals surface area contributed by atoms with Crippen LogP contribution in [0.1, 0.15) is 16.6 Å². The van der Waals surface area contributed by atoms with Gasteiger partial charge < -0.3 is 4.90 Å². The molecule has 0 aromatic carbocycles. The summed E-state index contributed by atoms with van der Waals surface area (Å²) in [5.74, 6) is 0. The third-order valence-corrected chi connectivity index (χ3v) is 5.55. The second kappa shape index (κ2) is 6.04. The van der Waals surface area contributed by atoms with E-state index < -0.39 is 10.0 Å². The summed E-state index contributed by atoms with van der Waals surface area (Å²) in [6, 6.07) is 3.98. The van der Waals surface area contributed by atoms with Crippen molar-refractivity contribution in [3.8, 4) is 0 Å². The molecule has 6 nitrogen and oxygen atoms in total. The molecule has 1 atom stereocenters. The topological polar surface area (TPSA) is 78.1 Å². The number of likely N-dealkylation sites (N-methyl/N-ethyl adjacent to an activating group) is 1. The third kappa shape index (κ3) is 3.26. The van der Waals surface area contributed by atoms with Crippen LogP contribution in [0.25, 0.3) is 0 Å². The minimum atomic E-state index is -3.53. The van der Waals surface area contributed by atoms with E-state index in [2.05, 4.69) is 14.9 Å². The van der Waals surface area contributed by atoms with Gasteiger partial charge in [-0.3, -0.25) is 5.10 Å². The average molecular weight is 314 g/mol. The lowest BCUT2D eigenvalue weighted by molar-refractivity contribution is 0.303. The Labute approximate surface area is 122 Å². The molecule has 0 aliphatic carbocycles. The van der Waals surface area contributed by atoms with Gasteiger partial charge in [-0.25, -0.2) is 13.1 Å². The zero-order chi connectivity index (χ0) is 14.8. The van der Waals surface area contributed by atoms with Crippen molar-refractivity contribution < 1.29 is 8.42 Å². The summed E-state index contributed by atoms with van der Waals surface area (Å²) < 4.78 is 27.1. The number of sulfonamides is 1. The molecule has 0 bridgehead atoms. The number of rotatable bonds is 6. The molecule has 0 fully saturated rings. The smallest absolute Gasteiger partial charge is 0.244 e. The normalized spacial score (nSPS) is 13.8. The Morgan fingerprint density at radius 2 is 2.25 bits per heavy atom. The summed E-state index contributed by atoms with van der Waals surface area (Å²) in [6.45, 7) is 2.00. The van der Waals surface area contributed by atoms with Crippen LogP contribution >= 0.6 is 11.3 Å². The maximum atomic E-state index is 12.2. The fourth-order valence-corrected chi connectivity index (χ4v) is 3.99. The van der Waals surface area contributed by atoms with Gasteiger partial charge in [-0.1, -0.05) is 6.07 Å². The van der Waals surface area contributed by atoms with Gasteiger partial charge in [0.2, 0.25) is 10.0 Å². The number of aromatic amines is 1. The van der Waals surface area contributed by atoms with Crippen LogP contribution in [-0.4, -0.2) is 44.2 Å². The molecule has 8 heteroatoms. The Morgan fingerprint density at radius 1 is 1.50 bits per heavy atom. The number of hydrogen-bond acceptors (Lipinski definition) is 5. The fraction of sp³-hybridized carbons (Fsp3) is 0.417.